The highest BCUT2D eigenvalue weighted by Crippen LogP contribution is 2.37. The lowest BCUT2D eigenvalue weighted by Gasteiger charge is -2.30. The second-order valence-corrected chi connectivity index (χ2v) is 5.93. The van der Waals surface area contributed by atoms with E-state index in [0.29, 0.717) is 0 Å². The molecule has 0 aromatic heterocycles. The first-order valence-electron chi connectivity index (χ1n) is 7.17. The van der Waals surface area contributed by atoms with Crippen molar-refractivity contribution in [3.8, 4) is 0 Å². The zero-order valence-electron chi connectivity index (χ0n) is 13.3. The minimum absolute atomic E-state index is 0.815. The number of carbonyl (C=O) groups is 1. The maximum absolute atomic E-state index is 12.1. The summed E-state index contributed by atoms with van der Waals surface area (Å²) in [5.74, 6) is -0.815. The van der Waals surface area contributed by atoms with Gasteiger partial charge in [-0.1, -0.05) is 36.4 Å². The van der Waals surface area contributed by atoms with Crippen LogP contribution in [0.15, 0.2) is 36.4 Å². The molecule has 0 aliphatic carbocycles. The predicted octanol–water partition coefficient (Wildman–Crippen LogP) is 4.31. The molecule has 0 saturated heterocycles. The average Bonchev–Trinajstić information content (AvgIpc) is 2.44. The SMILES string of the molecule is Cc1cccc(C(C)(C(=O)O)c2cccc(C)c2C)c1C. The fourth-order valence-electron chi connectivity index (χ4n) is 2.96. The monoisotopic (exact) mass is 282 g/mol. The topological polar surface area (TPSA) is 37.3 Å². The van der Waals surface area contributed by atoms with Crippen LogP contribution in [0, 0.1) is 27.7 Å². The molecule has 0 unspecified atom stereocenters. The largest absolute Gasteiger partial charge is 0.480 e. The zero-order chi connectivity index (χ0) is 15.8. The zero-order valence-corrected chi connectivity index (χ0v) is 13.3. The smallest absolute Gasteiger partial charge is 0.318 e. The van der Waals surface area contributed by atoms with Gasteiger partial charge in [0.05, 0.1) is 0 Å². The first kappa shape index (κ1) is 15.3. The fraction of sp³-hybridized carbons (Fsp3) is 0.316. The Morgan fingerprint density at radius 3 is 1.57 bits per heavy atom. The molecule has 0 fully saturated rings. The van der Waals surface area contributed by atoms with Gasteiger partial charge < -0.3 is 5.11 Å². The average molecular weight is 282 g/mol. The third-order valence-electron chi connectivity index (χ3n) is 4.71. The Morgan fingerprint density at radius 1 is 0.857 bits per heavy atom. The lowest BCUT2D eigenvalue weighted by atomic mass is 9.72. The van der Waals surface area contributed by atoms with Gasteiger partial charge in [0.2, 0.25) is 0 Å². The summed E-state index contributed by atoms with van der Waals surface area (Å²) in [6, 6.07) is 11.8. The highest BCUT2D eigenvalue weighted by Gasteiger charge is 2.39. The maximum Gasteiger partial charge on any atom is 0.318 e. The Balaban J connectivity index is 2.81. The highest BCUT2D eigenvalue weighted by atomic mass is 16.4. The second-order valence-electron chi connectivity index (χ2n) is 5.93. The molecule has 110 valence electrons. The van der Waals surface area contributed by atoms with E-state index in [1.807, 2.05) is 64.1 Å². The molecule has 1 N–H and O–H groups in total. The van der Waals surface area contributed by atoms with Crippen molar-refractivity contribution in [2.75, 3.05) is 0 Å². The van der Waals surface area contributed by atoms with E-state index in [0.717, 1.165) is 33.4 Å². The fourth-order valence-corrected chi connectivity index (χ4v) is 2.96. The van der Waals surface area contributed by atoms with E-state index < -0.39 is 11.4 Å². The molecular weight excluding hydrogens is 260 g/mol. The summed E-state index contributed by atoms with van der Waals surface area (Å²) < 4.78 is 0. The highest BCUT2D eigenvalue weighted by molar-refractivity contribution is 5.86. The number of rotatable bonds is 3. The maximum atomic E-state index is 12.1. The Hall–Kier alpha value is -2.09. The van der Waals surface area contributed by atoms with Crippen molar-refractivity contribution in [3.05, 3.63) is 69.8 Å². The van der Waals surface area contributed by atoms with Gasteiger partial charge in [0.15, 0.2) is 0 Å². The summed E-state index contributed by atoms with van der Waals surface area (Å²) >= 11 is 0. The number of aliphatic carboxylic acids is 1. The van der Waals surface area contributed by atoms with Crippen LogP contribution >= 0.6 is 0 Å². The van der Waals surface area contributed by atoms with Gasteiger partial charge in [0, 0.05) is 0 Å². The third kappa shape index (κ3) is 2.35. The van der Waals surface area contributed by atoms with Gasteiger partial charge in [-0.2, -0.15) is 0 Å². The Morgan fingerprint density at radius 2 is 1.24 bits per heavy atom. The van der Waals surface area contributed by atoms with Crippen molar-refractivity contribution in [2.24, 2.45) is 0 Å². The van der Waals surface area contributed by atoms with Gasteiger partial charge in [-0.15, -0.1) is 0 Å². The van der Waals surface area contributed by atoms with Crippen LogP contribution in [0.4, 0.5) is 0 Å². The minimum Gasteiger partial charge on any atom is -0.480 e. The molecule has 2 rings (SSSR count). The summed E-state index contributed by atoms with van der Waals surface area (Å²) in [7, 11) is 0. The normalized spacial score (nSPS) is 11.5. The number of benzene rings is 2. The summed E-state index contributed by atoms with van der Waals surface area (Å²) in [6.45, 7) is 9.83. The lowest BCUT2D eigenvalue weighted by molar-refractivity contribution is -0.141. The lowest BCUT2D eigenvalue weighted by Crippen LogP contribution is -2.35. The van der Waals surface area contributed by atoms with Crippen LogP contribution in [0.25, 0.3) is 0 Å². The van der Waals surface area contributed by atoms with Crippen LogP contribution in [0.5, 0.6) is 0 Å². The van der Waals surface area contributed by atoms with Crippen molar-refractivity contribution in [3.63, 3.8) is 0 Å². The number of hydrogen-bond donors (Lipinski definition) is 1. The molecule has 21 heavy (non-hydrogen) atoms. The molecule has 0 aliphatic heterocycles. The molecule has 2 aromatic rings. The molecule has 0 radical (unpaired) electrons. The Labute approximate surface area is 126 Å². The first-order chi connectivity index (χ1) is 9.80. The molecule has 0 bridgehead atoms. The van der Waals surface area contributed by atoms with E-state index in [4.69, 9.17) is 0 Å². The Kier molecular flexibility index (Phi) is 3.91. The molecule has 0 spiro atoms. The molecule has 0 saturated carbocycles. The van der Waals surface area contributed by atoms with Crippen LogP contribution in [-0.2, 0) is 10.2 Å². The van der Waals surface area contributed by atoms with Crippen LogP contribution in [0.2, 0.25) is 0 Å². The van der Waals surface area contributed by atoms with Crippen molar-refractivity contribution >= 4 is 5.97 Å². The second kappa shape index (κ2) is 5.36. The number of aryl methyl sites for hydroxylation is 2. The molecule has 0 heterocycles. The standard InChI is InChI=1S/C19H22O2/c1-12-8-6-10-16(14(12)3)19(5,18(20)21)17-11-7-9-13(2)15(17)4/h6-11H,1-5H3,(H,20,21). The molecule has 2 aromatic carbocycles. The van der Waals surface area contributed by atoms with Crippen LogP contribution in [0.3, 0.4) is 0 Å². The summed E-state index contributed by atoms with van der Waals surface area (Å²) in [4.78, 5) is 12.1. The summed E-state index contributed by atoms with van der Waals surface area (Å²) in [6.07, 6.45) is 0. The number of carboxylic acid groups (broad SMARTS) is 1. The van der Waals surface area contributed by atoms with Gasteiger partial charge in [-0.3, -0.25) is 4.79 Å². The third-order valence-corrected chi connectivity index (χ3v) is 4.71. The van der Waals surface area contributed by atoms with Crippen LogP contribution < -0.4 is 0 Å². The summed E-state index contributed by atoms with van der Waals surface area (Å²) in [5.41, 5.74) is 5.02. The summed E-state index contributed by atoms with van der Waals surface area (Å²) in [5, 5.41) is 9.97. The van der Waals surface area contributed by atoms with E-state index in [2.05, 4.69) is 0 Å². The predicted molar refractivity (Wildman–Crippen MR) is 85.9 cm³/mol. The first-order valence-corrected chi connectivity index (χ1v) is 7.17. The van der Waals surface area contributed by atoms with Crippen molar-refractivity contribution in [1.82, 2.24) is 0 Å². The van der Waals surface area contributed by atoms with Crippen LogP contribution in [0.1, 0.15) is 40.3 Å². The van der Waals surface area contributed by atoms with E-state index in [9.17, 15) is 9.90 Å². The van der Waals surface area contributed by atoms with Gasteiger partial charge in [-0.25, -0.2) is 0 Å². The van der Waals surface area contributed by atoms with Gasteiger partial charge in [0.25, 0.3) is 0 Å². The van der Waals surface area contributed by atoms with Crippen molar-refractivity contribution in [1.29, 1.82) is 0 Å². The molecule has 0 atom stereocenters. The van der Waals surface area contributed by atoms with E-state index >= 15 is 0 Å². The van der Waals surface area contributed by atoms with Crippen molar-refractivity contribution < 1.29 is 9.90 Å². The van der Waals surface area contributed by atoms with E-state index in [-0.39, 0.29) is 0 Å². The van der Waals surface area contributed by atoms with E-state index in [1.54, 1.807) is 6.92 Å². The van der Waals surface area contributed by atoms with E-state index in [1.165, 1.54) is 0 Å². The van der Waals surface area contributed by atoms with Gasteiger partial charge in [0.1, 0.15) is 5.41 Å². The van der Waals surface area contributed by atoms with Gasteiger partial charge >= 0.3 is 5.97 Å². The molecular formula is C19H22O2. The molecule has 2 nitrogen and oxygen atoms in total. The minimum atomic E-state index is -1.04. The van der Waals surface area contributed by atoms with Crippen LogP contribution in [-0.4, -0.2) is 11.1 Å². The number of hydrogen-bond acceptors (Lipinski definition) is 1. The quantitative estimate of drug-likeness (QED) is 0.910. The number of carboxylic acids is 1. The molecule has 2 heteroatoms. The molecule has 0 amide bonds. The van der Waals surface area contributed by atoms with Crippen molar-refractivity contribution in [2.45, 2.75) is 40.0 Å². The van der Waals surface area contributed by atoms with Gasteiger partial charge in [-0.05, 0) is 68.0 Å². The molecule has 0 aliphatic rings. The Bertz CT molecular complexity index is 647.